The molecule has 1 aromatic rings. The monoisotopic (exact) mass is 355 g/mol. The number of ether oxygens (including phenoxy) is 1. The van der Waals surface area contributed by atoms with Crippen molar-refractivity contribution in [3.8, 4) is 5.75 Å². The summed E-state index contributed by atoms with van der Waals surface area (Å²) >= 11 is 0. The van der Waals surface area contributed by atoms with Crippen LogP contribution in [0.5, 0.6) is 5.75 Å². The van der Waals surface area contributed by atoms with E-state index >= 15 is 0 Å². The van der Waals surface area contributed by atoms with Crippen molar-refractivity contribution >= 4 is 11.9 Å². The van der Waals surface area contributed by atoms with Gasteiger partial charge in [0.25, 0.3) is 0 Å². The van der Waals surface area contributed by atoms with E-state index in [9.17, 15) is 9.59 Å². The van der Waals surface area contributed by atoms with E-state index < -0.39 is 24.1 Å². The standard InChI is InChI=1S/C13H19NO.C4H6O6/c1-10-5-6-11(8-13(10)15-2)12-4-3-7-14-9-12;5-1(3(7)8)2(6)4(9)10/h5-6,8,12,14H,3-4,7,9H2,1-2H3;1-2,5-6H,(H,7,8)(H,9,10)/t;1-,2-/m.0/s1. The van der Waals surface area contributed by atoms with Crippen molar-refractivity contribution in [2.24, 2.45) is 0 Å². The number of hydrogen-bond acceptors (Lipinski definition) is 6. The molecule has 8 nitrogen and oxygen atoms in total. The topological polar surface area (TPSA) is 136 Å². The highest BCUT2D eigenvalue weighted by molar-refractivity contribution is 5.83. The summed E-state index contributed by atoms with van der Waals surface area (Å²) < 4.78 is 5.36. The number of aliphatic hydroxyl groups excluding tert-OH is 2. The summed E-state index contributed by atoms with van der Waals surface area (Å²) in [5, 5.41) is 36.0. The number of carbonyl (C=O) groups is 2. The Morgan fingerprint density at radius 3 is 2.24 bits per heavy atom. The Kier molecular flexibility index (Phi) is 8.33. The van der Waals surface area contributed by atoms with Gasteiger partial charge in [0.05, 0.1) is 7.11 Å². The molecule has 25 heavy (non-hydrogen) atoms. The second-order valence-electron chi connectivity index (χ2n) is 5.84. The molecule has 8 heteroatoms. The van der Waals surface area contributed by atoms with Gasteiger partial charge in [-0.15, -0.1) is 0 Å². The van der Waals surface area contributed by atoms with Crippen LogP contribution in [0.4, 0.5) is 0 Å². The van der Waals surface area contributed by atoms with E-state index in [0.717, 1.165) is 12.3 Å². The quantitative estimate of drug-likeness (QED) is 0.510. The Labute approximate surface area is 146 Å². The normalized spacial score (nSPS) is 19.1. The molecule has 1 unspecified atom stereocenters. The molecule has 0 saturated carbocycles. The lowest BCUT2D eigenvalue weighted by Gasteiger charge is -2.23. The van der Waals surface area contributed by atoms with Gasteiger partial charge in [-0.3, -0.25) is 0 Å². The molecule has 0 aromatic heterocycles. The molecule has 1 heterocycles. The van der Waals surface area contributed by atoms with Crippen LogP contribution in [-0.2, 0) is 9.59 Å². The number of aliphatic carboxylic acids is 2. The number of piperidine rings is 1. The van der Waals surface area contributed by atoms with E-state index in [0.29, 0.717) is 5.92 Å². The van der Waals surface area contributed by atoms with Crippen LogP contribution in [-0.4, -0.2) is 64.8 Å². The summed E-state index contributed by atoms with van der Waals surface area (Å²) in [5.74, 6) is -1.86. The van der Waals surface area contributed by atoms with Gasteiger partial charge in [-0.25, -0.2) is 9.59 Å². The third-order valence-electron chi connectivity index (χ3n) is 4.01. The minimum Gasteiger partial charge on any atom is -0.496 e. The van der Waals surface area contributed by atoms with E-state index in [2.05, 4.69) is 30.4 Å². The summed E-state index contributed by atoms with van der Waals surface area (Å²) in [7, 11) is 1.74. The number of hydrogen-bond donors (Lipinski definition) is 5. The molecular weight excluding hydrogens is 330 g/mol. The molecule has 1 aromatic carbocycles. The van der Waals surface area contributed by atoms with Crippen molar-refractivity contribution in [1.82, 2.24) is 5.32 Å². The molecule has 1 fully saturated rings. The average Bonchev–Trinajstić information content (AvgIpc) is 2.62. The van der Waals surface area contributed by atoms with E-state index in [1.807, 2.05) is 0 Å². The first kappa shape index (κ1) is 20.9. The van der Waals surface area contributed by atoms with E-state index in [1.165, 1.54) is 30.5 Å². The Morgan fingerprint density at radius 1 is 1.20 bits per heavy atom. The molecule has 0 amide bonds. The molecule has 1 aliphatic rings. The van der Waals surface area contributed by atoms with Crippen molar-refractivity contribution < 1.29 is 34.8 Å². The van der Waals surface area contributed by atoms with Crippen LogP contribution in [0.3, 0.4) is 0 Å². The highest BCUT2D eigenvalue weighted by Gasteiger charge is 2.29. The van der Waals surface area contributed by atoms with Crippen LogP contribution in [0.15, 0.2) is 18.2 Å². The van der Waals surface area contributed by atoms with E-state index in [-0.39, 0.29) is 0 Å². The van der Waals surface area contributed by atoms with Gasteiger partial charge in [0.1, 0.15) is 5.75 Å². The molecule has 0 aliphatic carbocycles. The zero-order chi connectivity index (χ0) is 19.0. The maximum atomic E-state index is 9.77. The lowest BCUT2D eigenvalue weighted by atomic mass is 9.91. The second-order valence-corrected chi connectivity index (χ2v) is 5.84. The fourth-order valence-corrected chi connectivity index (χ4v) is 2.50. The van der Waals surface area contributed by atoms with Crippen LogP contribution in [0, 0.1) is 6.92 Å². The fourth-order valence-electron chi connectivity index (χ4n) is 2.50. The van der Waals surface area contributed by atoms with Gasteiger partial charge >= 0.3 is 11.9 Å². The largest absolute Gasteiger partial charge is 0.496 e. The molecule has 1 saturated heterocycles. The lowest BCUT2D eigenvalue weighted by Crippen LogP contribution is -2.39. The number of benzene rings is 1. The third-order valence-corrected chi connectivity index (χ3v) is 4.01. The summed E-state index contributed by atoms with van der Waals surface area (Å²) in [6.45, 7) is 4.35. The van der Waals surface area contributed by atoms with Crippen molar-refractivity contribution in [3.05, 3.63) is 29.3 Å². The van der Waals surface area contributed by atoms with Crippen LogP contribution in [0.2, 0.25) is 0 Å². The van der Waals surface area contributed by atoms with Gasteiger partial charge in [-0.05, 0) is 49.4 Å². The van der Waals surface area contributed by atoms with E-state index in [1.54, 1.807) is 7.11 Å². The van der Waals surface area contributed by atoms with Crippen molar-refractivity contribution in [2.75, 3.05) is 20.2 Å². The first-order valence-corrected chi connectivity index (χ1v) is 7.95. The van der Waals surface area contributed by atoms with Crippen LogP contribution in [0.25, 0.3) is 0 Å². The zero-order valence-electron chi connectivity index (χ0n) is 14.3. The smallest absolute Gasteiger partial charge is 0.335 e. The third kappa shape index (κ3) is 6.33. The first-order valence-electron chi connectivity index (χ1n) is 7.95. The van der Waals surface area contributed by atoms with Crippen LogP contribution in [0.1, 0.15) is 29.9 Å². The number of nitrogens with one attached hydrogen (secondary N) is 1. The number of carboxylic acid groups (broad SMARTS) is 2. The first-order chi connectivity index (χ1) is 11.8. The van der Waals surface area contributed by atoms with Gasteiger partial charge in [-0.2, -0.15) is 0 Å². The molecule has 0 spiro atoms. The maximum absolute atomic E-state index is 9.77. The average molecular weight is 355 g/mol. The fraction of sp³-hybridized carbons (Fsp3) is 0.529. The summed E-state index contributed by atoms with van der Waals surface area (Å²) in [6.07, 6.45) is -1.96. The highest BCUT2D eigenvalue weighted by atomic mass is 16.5. The Balaban J connectivity index is 0.000000275. The second kappa shape index (κ2) is 9.97. The Morgan fingerprint density at radius 2 is 1.80 bits per heavy atom. The molecule has 140 valence electrons. The number of aryl methyl sites for hydroxylation is 1. The molecule has 1 aliphatic heterocycles. The molecule has 5 N–H and O–H groups in total. The number of aliphatic hydroxyl groups is 2. The molecule has 0 radical (unpaired) electrons. The predicted molar refractivity (Wildman–Crippen MR) is 89.9 cm³/mol. The van der Waals surface area contributed by atoms with Crippen molar-refractivity contribution in [1.29, 1.82) is 0 Å². The van der Waals surface area contributed by atoms with Crippen LogP contribution >= 0.6 is 0 Å². The Bertz CT molecular complexity index is 566. The number of carboxylic acids is 2. The minimum atomic E-state index is -2.27. The molecule has 0 bridgehead atoms. The number of rotatable bonds is 5. The van der Waals surface area contributed by atoms with Gasteiger partial charge in [0.15, 0.2) is 12.2 Å². The SMILES string of the molecule is COc1cc(C2CCCNC2)ccc1C.O=C(O)[C@@H](O)[C@H](O)C(=O)O. The zero-order valence-corrected chi connectivity index (χ0v) is 14.3. The number of methoxy groups -OCH3 is 1. The van der Waals surface area contributed by atoms with Crippen LogP contribution < -0.4 is 10.1 Å². The lowest BCUT2D eigenvalue weighted by molar-refractivity contribution is -0.165. The maximum Gasteiger partial charge on any atom is 0.335 e. The van der Waals surface area contributed by atoms with Gasteiger partial charge in [0.2, 0.25) is 0 Å². The minimum absolute atomic E-state index is 0.660. The van der Waals surface area contributed by atoms with Crippen molar-refractivity contribution in [3.63, 3.8) is 0 Å². The van der Waals surface area contributed by atoms with Gasteiger partial charge in [-0.1, -0.05) is 12.1 Å². The molecule has 2 rings (SSSR count). The summed E-state index contributed by atoms with van der Waals surface area (Å²) in [6, 6.07) is 6.57. The van der Waals surface area contributed by atoms with Gasteiger partial charge < -0.3 is 30.5 Å². The summed E-state index contributed by atoms with van der Waals surface area (Å²) in [4.78, 5) is 19.5. The van der Waals surface area contributed by atoms with Crippen molar-refractivity contribution in [2.45, 2.75) is 37.9 Å². The Hall–Kier alpha value is -2.16. The highest BCUT2D eigenvalue weighted by Crippen LogP contribution is 2.28. The molecule has 3 atom stereocenters. The molecular formula is C17H25NO7. The summed E-state index contributed by atoms with van der Waals surface area (Å²) in [5.41, 5.74) is 2.62. The van der Waals surface area contributed by atoms with E-state index in [4.69, 9.17) is 25.2 Å². The van der Waals surface area contributed by atoms with Gasteiger partial charge in [0, 0.05) is 6.54 Å². The predicted octanol–water partition coefficient (Wildman–Crippen LogP) is 0.348.